The zero-order valence-electron chi connectivity index (χ0n) is 12.3. The molecule has 2 heterocycles. The molecular formula is C14H20N4OS. The van der Waals surface area contributed by atoms with E-state index in [0.717, 1.165) is 28.1 Å². The standard InChI is InChI=1S/C14H20N4OS/c1-9-5-12(11(3)19-9)7-17-14(15-4)18-8-13-16-6-10(2)20-13/h5-6H,7-8H2,1-4H3,(H2,15,17,18). The Morgan fingerprint density at radius 3 is 2.60 bits per heavy atom. The summed E-state index contributed by atoms with van der Waals surface area (Å²) in [6, 6.07) is 2.04. The molecule has 0 atom stereocenters. The molecule has 2 rings (SSSR count). The van der Waals surface area contributed by atoms with Crippen LogP contribution in [0.3, 0.4) is 0 Å². The van der Waals surface area contributed by atoms with Gasteiger partial charge in [-0.1, -0.05) is 0 Å². The number of furan rings is 1. The Morgan fingerprint density at radius 1 is 1.30 bits per heavy atom. The summed E-state index contributed by atoms with van der Waals surface area (Å²) >= 11 is 1.69. The molecule has 0 bridgehead atoms. The zero-order chi connectivity index (χ0) is 14.5. The van der Waals surface area contributed by atoms with Gasteiger partial charge in [0, 0.05) is 30.2 Å². The molecule has 0 unspecified atom stereocenters. The minimum atomic E-state index is 0.682. The summed E-state index contributed by atoms with van der Waals surface area (Å²) in [6.45, 7) is 7.35. The molecule has 0 fully saturated rings. The van der Waals surface area contributed by atoms with Gasteiger partial charge in [-0.05, 0) is 26.8 Å². The van der Waals surface area contributed by atoms with E-state index in [1.807, 2.05) is 26.1 Å². The van der Waals surface area contributed by atoms with E-state index in [4.69, 9.17) is 4.42 Å². The first kappa shape index (κ1) is 14.6. The fraction of sp³-hybridized carbons (Fsp3) is 0.429. The van der Waals surface area contributed by atoms with Gasteiger partial charge in [-0.15, -0.1) is 11.3 Å². The monoisotopic (exact) mass is 292 g/mol. The third kappa shape index (κ3) is 3.84. The van der Waals surface area contributed by atoms with Crippen molar-refractivity contribution in [3.05, 3.63) is 39.2 Å². The maximum absolute atomic E-state index is 5.50. The SMILES string of the molecule is CN=C(NCc1ncc(C)s1)NCc1cc(C)oc1C. The highest BCUT2D eigenvalue weighted by atomic mass is 32.1. The molecule has 5 nitrogen and oxygen atoms in total. The summed E-state index contributed by atoms with van der Waals surface area (Å²) in [5.74, 6) is 2.64. The predicted molar refractivity (Wildman–Crippen MR) is 82.1 cm³/mol. The molecule has 20 heavy (non-hydrogen) atoms. The van der Waals surface area contributed by atoms with Crippen molar-refractivity contribution >= 4 is 17.3 Å². The lowest BCUT2D eigenvalue weighted by molar-refractivity contribution is 0.500. The van der Waals surface area contributed by atoms with Crippen LogP contribution in [0, 0.1) is 20.8 Å². The highest BCUT2D eigenvalue weighted by molar-refractivity contribution is 7.11. The molecule has 0 saturated carbocycles. The lowest BCUT2D eigenvalue weighted by Crippen LogP contribution is -2.36. The van der Waals surface area contributed by atoms with Gasteiger partial charge in [0.25, 0.3) is 0 Å². The second kappa shape index (κ2) is 6.56. The Bertz CT molecular complexity index is 600. The van der Waals surface area contributed by atoms with Gasteiger partial charge < -0.3 is 15.1 Å². The fourth-order valence-corrected chi connectivity index (χ4v) is 2.63. The lowest BCUT2D eigenvalue weighted by Gasteiger charge is -2.10. The quantitative estimate of drug-likeness (QED) is 0.671. The van der Waals surface area contributed by atoms with Crippen LogP contribution in [0.2, 0.25) is 0 Å². The van der Waals surface area contributed by atoms with Crippen LogP contribution < -0.4 is 10.6 Å². The molecule has 0 radical (unpaired) electrons. The molecule has 2 aromatic heterocycles. The van der Waals surface area contributed by atoms with Gasteiger partial charge in [0.05, 0.1) is 6.54 Å². The predicted octanol–water partition coefficient (Wildman–Crippen LogP) is 2.53. The summed E-state index contributed by atoms with van der Waals surface area (Å²) in [6.07, 6.45) is 1.88. The van der Waals surface area contributed by atoms with Gasteiger partial charge in [0.1, 0.15) is 16.5 Å². The number of aromatic nitrogens is 1. The van der Waals surface area contributed by atoms with Gasteiger partial charge in [0.15, 0.2) is 5.96 Å². The molecule has 0 saturated heterocycles. The Morgan fingerprint density at radius 2 is 2.05 bits per heavy atom. The van der Waals surface area contributed by atoms with E-state index in [1.165, 1.54) is 4.88 Å². The first-order chi connectivity index (χ1) is 9.58. The number of guanidine groups is 1. The average Bonchev–Trinajstić information content (AvgIpc) is 2.96. The molecule has 0 aliphatic carbocycles. The molecule has 2 N–H and O–H groups in total. The highest BCUT2D eigenvalue weighted by Crippen LogP contribution is 2.13. The van der Waals surface area contributed by atoms with Crippen LogP contribution in [0.15, 0.2) is 21.7 Å². The van der Waals surface area contributed by atoms with Crippen LogP contribution >= 0.6 is 11.3 Å². The van der Waals surface area contributed by atoms with Crippen molar-refractivity contribution in [3.8, 4) is 0 Å². The lowest BCUT2D eigenvalue weighted by atomic mass is 10.2. The van der Waals surface area contributed by atoms with E-state index in [-0.39, 0.29) is 0 Å². The average molecular weight is 292 g/mol. The normalized spacial score (nSPS) is 11.7. The topological polar surface area (TPSA) is 62.5 Å². The molecule has 0 aliphatic rings. The number of hydrogen-bond donors (Lipinski definition) is 2. The number of aliphatic imine (C=N–C) groups is 1. The van der Waals surface area contributed by atoms with Gasteiger partial charge in [-0.25, -0.2) is 4.98 Å². The molecule has 2 aromatic rings. The number of thiazole rings is 1. The van der Waals surface area contributed by atoms with E-state index in [0.29, 0.717) is 13.1 Å². The van der Waals surface area contributed by atoms with Crippen molar-refractivity contribution in [2.45, 2.75) is 33.9 Å². The van der Waals surface area contributed by atoms with Crippen molar-refractivity contribution in [1.29, 1.82) is 0 Å². The minimum absolute atomic E-state index is 0.682. The molecule has 0 amide bonds. The van der Waals surface area contributed by atoms with Crippen molar-refractivity contribution in [3.63, 3.8) is 0 Å². The maximum Gasteiger partial charge on any atom is 0.191 e. The van der Waals surface area contributed by atoms with Crippen LogP contribution in [0.25, 0.3) is 0 Å². The third-order valence-corrected chi connectivity index (χ3v) is 3.80. The van der Waals surface area contributed by atoms with E-state index in [9.17, 15) is 0 Å². The second-order valence-corrected chi connectivity index (χ2v) is 5.90. The van der Waals surface area contributed by atoms with Gasteiger partial charge in [-0.2, -0.15) is 0 Å². The van der Waals surface area contributed by atoms with Crippen LogP contribution in [0.4, 0.5) is 0 Å². The molecule has 108 valence electrons. The van der Waals surface area contributed by atoms with E-state index in [1.54, 1.807) is 18.4 Å². The van der Waals surface area contributed by atoms with Gasteiger partial charge in [0.2, 0.25) is 0 Å². The smallest absolute Gasteiger partial charge is 0.191 e. The molecule has 0 aliphatic heterocycles. The van der Waals surface area contributed by atoms with Crippen molar-refractivity contribution < 1.29 is 4.42 Å². The molecule has 6 heteroatoms. The Balaban J connectivity index is 1.85. The largest absolute Gasteiger partial charge is 0.466 e. The summed E-state index contributed by atoms with van der Waals surface area (Å²) in [7, 11) is 1.76. The highest BCUT2D eigenvalue weighted by Gasteiger charge is 2.06. The number of aryl methyl sites for hydroxylation is 3. The summed E-state index contributed by atoms with van der Waals surface area (Å²) in [5.41, 5.74) is 1.15. The van der Waals surface area contributed by atoms with Gasteiger partial charge >= 0.3 is 0 Å². The molecule has 0 aromatic carbocycles. The fourth-order valence-electron chi connectivity index (χ4n) is 1.90. The van der Waals surface area contributed by atoms with Crippen molar-refractivity contribution in [2.75, 3.05) is 7.05 Å². The van der Waals surface area contributed by atoms with E-state index >= 15 is 0 Å². The van der Waals surface area contributed by atoms with Crippen LogP contribution in [0.1, 0.15) is 27.0 Å². The zero-order valence-corrected chi connectivity index (χ0v) is 13.1. The van der Waals surface area contributed by atoms with Crippen LogP contribution in [0.5, 0.6) is 0 Å². The second-order valence-electron chi connectivity index (χ2n) is 4.58. The number of rotatable bonds is 4. The van der Waals surface area contributed by atoms with Crippen LogP contribution in [-0.2, 0) is 13.1 Å². The van der Waals surface area contributed by atoms with Crippen molar-refractivity contribution in [1.82, 2.24) is 15.6 Å². The van der Waals surface area contributed by atoms with Crippen molar-refractivity contribution in [2.24, 2.45) is 4.99 Å². The van der Waals surface area contributed by atoms with Crippen LogP contribution in [-0.4, -0.2) is 18.0 Å². The number of nitrogens with zero attached hydrogens (tertiary/aromatic N) is 2. The number of nitrogens with one attached hydrogen (secondary N) is 2. The Kier molecular flexibility index (Phi) is 4.79. The summed E-state index contributed by atoms with van der Waals surface area (Å²) < 4.78 is 5.50. The Hall–Kier alpha value is -1.82. The first-order valence-corrected chi connectivity index (χ1v) is 7.32. The molecular weight excluding hydrogens is 272 g/mol. The summed E-state index contributed by atoms with van der Waals surface area (Å²) in [5, 5.41) is 7.58. The number of hydrogen-bond acceptors (Lipinski definition) is 4. The summed E-state index contributed by atoms with van der Waals surface area (Å²) in [4.78, 5) is 9.74. The molecule has 0 spiro atoms. The third-order valence-electron chi connectivity index (χ3n) is 2.89. The van der Waals surface area contributed by atoms with E-state index < -0.39 is 0 Å². The van der Waals surface area contributed by atoms with Gasteiger partial charge in [-0.3, -0.25) is 4.99 Å². The minimum Gasteiger partial charge on any atom is -0.466 e. The first-order valence-electron chi connectivity index (χ1n) is 6.50. The Labute approximate surface area is 123 Å². The maximum atomic E-state index is 5.50. The van der Waals surface area contributed by atoms with E-state index in [2.05, 4.69) is 27.5 Å².